The summed E-state index contributed by atoms with van der Waals surface area (Å²) in [5, 5.41) is 8.61. The van der Waals surface area contributed by atoms with Gasteiger partial charge in [-0.3, -0.25) is 0 Å². The Hall–Kier alpha value is -1.42. The minimum atomic E-state index is 0.691. The number of hydrogen-bond donors (Lipinski definition) is 1. The van der Waals surface area contributed by atoms with Crippen LogP contribution in [0.1, 0.15) is 33.6 Å². The van der Waals surface area contributed by atoms with Gasteiger partial charge in [0.25, 0.3) is 0 Å². The third kappa shape index (κ3) is 6.14. The van der Waals surface area contributed by atoms with Crippen molar-refractivity contribution in [2.45, 2.75) is 33.6 Å². The van der Waals surface area contributed by atoms with Gasteiger partial charge < -0.3 is 5.11 Å². The summed E-state index contributed by atoms with van der Waals surface area (Å²) in [4.78, 5) is 0. The van der Waals surface area contributed by atoms with Crippen LogP contribution < -0.4 is 0 Å². The quantitative estimate of drug-likeness (QED) is 0.408. The van der Waals surface area contributed by atoms with Crippen LogP contribution >= 0.6 is 0 Å². The lowest BCUT2D eigenvalue weighted by molar-refractivity contribution is 0.469. The lowest BCUT2D eigenvalue weighted by atomic mass is 10.0. The maximum atomic E-state index is 8.61. The number of allylic oxidation sites excluding steroid dienone is 4. The molecule has 76 valence electrons. The van der Waals surface area contributed by atoms with E-state index in [1.54, 1.807) is 6.92 Å². The van der Waals surface area contributed by atoms with Gasteiger partial charge in [0.1, 0.15) is 0 Å². The molecular formula is C13H18O. The van der Waals surface area contributed by atoms with E-state index in [9.17, 15) is 0 Å². The highest BCUT2D eigenvalue weighted by molar-refractivity contribution is 5.27. The van der Waals surface area contributed by atoms with Gasteiger partial charge in [0.2, 0.25) is 0 Å². The molecule has 0 fully saturated rings. The molecule has 0 aromatic rings. The van der Waals surface area contributed by atoms with Crippen molar-refractivity contribution >= 4 is 0 Å². The molecule has 0 aromatic carbocycles. The molecule has 1 nitrogen and oxygen atoms in total. The van der Waals surface area contributed by atoms with E-state index in [0.29, 0.717) is 5.57 Å². The van der Waals surface area contributed by atoms with E-state index in [0.717, 1.165) is 24.7 Å². The molecule has 0 aliphatic heterocycles. The van der Waals surface area contributed by atoms with Gasteiger partial charge in [-0.25, -0.2) is 0 Å². The Balaban J connectivity index is 4.21. The average molecular weight is 190 g/mol. The normalized spacial score (nSPS) is 11.9. The van der Waals surface area contributed by atoms with Crippen molar-refractivity contribution in [2.75, 3.05) is 0 Å². The molecule has 0 heterocycles. The molecule has 0 aromatic heterocycles. The summed E-state index contributed by atoms with van der Waals surface area (Å²) in [7, 11) is 0. The van der Waals surface area contributed by atoms with Crippen LogP contribution in [0.2, 0.25) is 0 Å². The fourth-order valence-corrected chi connectivity index (χ4v) is 0.984. The third-order valence-electron chi connectivity index (χ3n) is 1.73. The van der Waals surface area contributed by atoms with Gasteiger partial charge >= 0.3 is 0 Å². The Bertz CT molecular complexity index is 308. The van der Waals surface area contributed by atoms with Crippen molar-refractivity contribution in [3.63, 3.8) is 0 Å². The third-order valence-corrected chi connectivity index (χ3v) is 1.73. The van der Waals surface area contributed by atoms with Crippen molar-refractivity contribution in [3.8, 4) is 11.8 Å². The van der Waals surface area contributed by atoms with Crippen LogP contribution in [-0.2, 0) is 0 Å². The van der Waals surface area contributed by atoms with Crippen LogP contribution in [0.5, 0.6) is 0 Å². The fraction of sp³-hybridized carbons (Fsp3) is 0.385. The van der Waals surface area contributed by atoms with Crippen molar-refractivity contribution in [3.05, 3.63) is 35.6 Å². The molecular weight excluding hydrogens is 172 g/mol. The molecule has 0 unspecified atom stereocenters. The Kier molecular flexibility index (Phi) is 6.32. The smallest absolute Gasteiger partial charge is 0.0904 e. The van der Waals surface area contributed by atoms with Gasteiger partial charge in [-0.1, -0.05) is 35.6 Å². The van der Waals surface area contributed by atoms with Crippen LogP contribution in [0.4, 0.5) is 0 Å². The second kappa shape index (κ2) is 7.03. The Morgan fingerprint density at radius 1 is 1.43 bits per heavy atom. The molecule has 0 saturated heterocycles. The van der Waals surface area contributed by atoms with Gasteiger partial charge in [-0.15, -0.1) is 0 Å². The van der Waals surface area contributed by atoms with Crippen molar-refractivity contribution in [1.29, 1.82) is 0 Å². The molecule has 0 radical (unpaired) electrons. The van der Waals surface area contributed by atoms with E-state index in [2.05, 4.69) is 24.5 Å². The lowest BCUT2D eigenvalue weighted by Gasteiger charge is -2.00. The standard InChI is InChI=1S/C13H18O/c1-5-13(9-11(2)3)8-6-7-12(4)10-14/h5,10,14H,2,8-9H2,1,3-4H3/b12-10+,13-5+. The Morgan fingerprint density at radius 2 is 2.07 bits per heavy atom. The number of rotatable bonds is 3. The molecule has 0 aliphatic rings. The van der Waals surface area contributed by atoms with Crippen molar-refractivity contribution < 1.29 is 5.11 Å². The molecule has 0 amide bonds. The largest absolute Gasteiger partial charge is 0.515 e. The predicted molar refractivity (Wildman–Crippen MR) is 62.0 cm³/mol. The summed E-state index contributed by atoms with van der Waals surface area (Å²) in [6.07, 6.45) is 4.75. The predicted octanol–water partition coefficient (Wildman–Crippen LogP) is 3.75. The van der Waals surface area contributed by atoms with Gasteiger partial charge in [-0.05, 0) is 27.2 Å². The van der Waals surface area contributed by atoms with Gasteiger partial charge in [0.15, 0.2) is 0 Å². The molecule has 1 N–H and O–H groups in total. The summed E-state index contributed by atoms with van der Waals surface area (Å²) in [5.74, 6) is 5.87. The molecule has 0 saturated carbocycles. The molecule has 1 heteroatoms. The van der Waals surface area contributed by atoms with E-state index >= 15 is 0 Å². The van der Waals surface area contributed by atoms with Gasteiger partial charge in [-0.2, -0.15) is 0 Å². The molecule has 0 atom stereocenters. The zero-order valence-corrected chi connectivity index (χ0v) is 9.22. The summed E-state index contributed by atoms with van der Waals surface area (Å²) in [6, 6.07) is 0. The molecule has 0 spiro atoms. The SMILES string of the molecule is C=C(C)C/C(=C/C)CC#C/C(C)=C/O. The topological polar surface area (TPSA) is 20.2 Å². The second-order valence-electron chi connectivity index (χ2n) is 3.37. The molecule has 0 bridgehead atoms. The highest BCUT2D eigenvalue weighted by atomic mass is 16.2. The summed E-state index contributed by atoms with van der Waals surface area (Å²) >= 11 is 0. The molecule has 0 rings (SSSR count). The molecule has 0 aliphatic carbocycles. The average Bonchev–Trinajstić information content (AvgIpc) is 2.15. The van der Waals surface area contributed by atoms with Crippen LogP contribution in [0.3, 0.4) is 0 Å². The number of aliphatic hydroxyl groups excluding tert-OH is 1. The minimum absolute atomic E-state index is 0.691. The number of hydrogen-bond acceptors (Lipinski definition) is 1. The van der Waals surface area contributed by atoms with Crippen LogP contribution in [-0.4, -0.2) is 5.11 Å². The fourth-order valence-electron chi connectivity index (χ4n) is 0.984. The van der Waals surface area contributed by atoms with Gasteiger partial charge in [0.05, 0.1) is 6.26 Å². The summed E-state index contributed by atoms with van der Waals surface area (Å²) in [5.41, 5.74) is 3.11. The first-order valence-corrected chi connectivity index (χ1v) is 4.68. The van der Waals surface area contributed by atoms with Crippen LogP contribution in [0, 0.1) is 11.8 Å². The monoisotopic (exact) mass is 190 g/mol. The Labute approximate surface area is 86.8 Å². The minimum Gasteiger partial charge on any atom is -0.515 e. The zero-order valence-electron chi connectivity index (χ0n) is 9.22. The second-order valence-corrected chi connectivity index (χ2v) is 3.37. The zero-order chi connectivity index (χ0) is 11.0. The van der Waals surface area contributed by atoms with E-state index < -0.39 is 0 Å². The van der Waals surface area contributed by atoms with Crippen molar-refractivity contribution in [2.24, 2.45) is 0 Å². The van der Waals surface area contributed by atoms with E-state index in [4.69, 9.17) is 5.11 Å². The lowest BCUT2D eigenvalue weighted by Crippen LogP contribution is -1.83. The van der Waals surface area contributed by atoms with E-state index in [1.807, 2.05) is 13.8 Å². The Morgan fingerprint density at radius 3 is 2.50 bits per heavy atom. The van der Waals surface area contributed by atoms with Crippen molar-refractivity contribution in [1.82, 2.24) is 0 Å². The van der Waals surface area contributed by atoms with Crippen LogP contribution in [0.25, 0.3) is 0 Å². The van der Waals surface area contributed by atoms with Crippen LogP contribution in [0.15, 0.2) is 35.6 Å². The summed E-state index contributed by atoms with van der Waals surface area (Å²) < 4.78 is 0. The highest BCUT2D eigenvalue weighted by Gasteiger charge is 1.93. The first kappa shape index (κ1) is 12.6. The number of aliphatic hydroxyl groups is 1. The van der Waals surface area contributed by atoms with E-state index in [-0.39, 0.29) is 0 Å². The van der Waals surface area contributed by atoms with Gasteiger partial charge in [0, 0.05) is 12.0 Å². The first-order valence-electron chi connectivity index (χ1n) is 4.68. The molecule has 14 heavy (non-hydrogen) atoms. The first-order chi connectivity index (χ1) is 6.60. The summed E-state index contributed by atoms with van der Waals surface area (Å²) in [6.45, 7) is 9.66. The maximum Gasteiger partial charge on any atom is 0.0904 e. The maximum absolute atomic E-state index is 8.61. The highest BCUT2D eigenvalue weighted by Crippen LogP contribution is 2.11. The van der Waals surface area contributed by atoms with E-state index in [1.165, 1.54) is 5.57 Å².